The normalized spacial score (nSPS) is 20.7. The number of piperidine rings is 1. The molecule has 0 bridgehead atoms. The highest BCUT2D eigenvalue weighted by atomic mass is 16.2. The molecule has 3 rings (SSSR count). The van der Waals surface area contributed by atoms with Crippen LogP contribution in [0.4, 0.5) is 5.69 Å². The Balaban J connectivity index is 1.50. The number of hydrogen-bond acceptors (Lipinski definition) is 3. The molecule has 2 aliphatic heterocycles. The van der Waals surface area contributed by atoms with Crippen molar-refractivity contribution in [3.63, 3.8) is 0 Å². The number of nitrogens with one attached hydrogen (secondary N) is 1. The summed E-state index contributed by atoms with van der Waals surface area (Å²) in [7, 11) is 0. The predicted octanol–water partition coefficient (Wildman–Crippen LogP) is 1.81. The molecule has 1 aromatic rings. The summed E-state index contributed by atoms with van der Waals surface area (Å²) in [6, 6.07) is 7.99. The topological polar surface area (TPSA) is 52.7 Å². The van der Waals surface area contributed by atoms with E-state index in [2.05, 4.69) is 23.2 Å². The van der Waals surface area contributed by atoms with Crippen LogP contribution < -0.4 is 10.2 Å². The summed E-state index contributed by atoms with van der Waals surface area (Å²) < 4.78 is 0. The molecule has 1 N–H and O–H groups in total. The highest BCUT2D eigenvalue weighted by Gasteiger charge is 2.27. The number of likely N-dealkylation sites (tertiary alicyclic amines) is 1. The molecule has 1 aromatic carbocycles. The molecule has 130 valence electrons. The third kappa shape index (κ3) is 3.78. The molecule has 0 aromatic heterocycles. The van der Waals surface area contributed by atoms with Crippen molar-refractivity contribution in [3.05, 3.63) is 29.8 Å². The highest BCUT2D eigenvalue weighted by Crippen LogP contribution is 2.27. The van der Waals surface area contributed by atoms with Crippen LogP contribution in [0.5, 0.6) is 0 Å². The number of anilines is 1. The molecule has 5 nitrogen and oxygen atoms in total. The zero-order valence-corrected chi connectivity index (χ0v) is 14.5. The van der Waals surface area contributed by atoms with Gasteiger partial charge in [0.05, 0.1) is 12.5 Å². The molecule has 0 spiro atoms. The molecule has 2 aliphatic rings. The van der Waals surface area contributed by atoms with Crippen LogP contribution in [0.15, 0.2) is 24.3 Å². The third-order valence-corrected chi connectivity index (χ3v) is 5.02. The van der Waals surface area contributed by atoms with Crippen LogP contribution >= 0.6 is 0 Å². The first kappa shape index (κ1) is 17.0. The van der Waals surface area contributed by atoms with Crippen molar-refractivity contribution in [3.8, 4) is 0 Å². The lowest BCUT2D eigenvalue weighted by atomic mass is 9.97. The van der Waals surface area contributed by atoms with Gasteiger partial charge in [-0.05, 0) is 50.4 Å². The van der Waals surface area contributed by atoms with E-state index in [0.29, 0.717) is 6.54 Å². The summed E-state index contributed by atoms with van der Waals surface area (Å²) in [5.41, 5.74) is 2.20. The Hall–Kier alpha value is -1.88. The first-order chi connectivity index (χ1) is 11.7. The van der Waals surface area contributed by atoms with E-state index in [-0.39, 0.29) is 24.3 Å². The van der Waals surface area contributed by atoms with E-state index < -0.39 is 0 Å². The molecule has 1 fully saturated rings. The van der Waals surface area contributed by atoms with Gasteiger partial charge >= 0.3 is 0 Å². The highest BCUT2D eigenvalue weighted by molar-refractivity contribution is 5.98. The van der Waals surface area contributed by atoms with Crippen molar-refractivity contribution in [2.75, 3.05) is 37.6 Å². The molecule has 5 heteroatoms. The van der Waals surface area contributed by atoms with Crippen LogP contribution in [-0.4, -0.2) is 49.4 Å². The van der Waals surface area contributed by atoms with Gasteiger partial charge < -0.3 is 15.1 Å². The van der Waals surface area contributed by atoms with E-state index in [9.17, 15) is 9.59 Å². The maximum absolute atomic E-state index is 12.5. The monoisotopic (exact) mass is 329 g/mol. The Kier molecular flexibility index (Phi) is 5.51. The Labute approximate surface area is 144 Å². The second kappa shape index (κ2) is 7.79. The lowest BCUT2D eigenvalue weighted by molar-refractivity contribution is -0.129. The molecule has 1 unspecified atom stereocenters. The Bertz CT molecular complexity index is 600. The molecule has 0 aliphatic carbocycles. The summed E-state index contributed by atoms with van der Waals surface area (Å²) in [4.78, 5) is 29.0. The van der Waals surface area contributed by atoms with Crippen LogP contribution in [0, 0.1) is 5.92 Å². The van der Waals surface area contributed by atoms with Gasteiger partial charge in [-0.2, -0.15) is 0 Å². The van der Waals surface area contributed by atoms with Crippen molar-refractivity contribution in [2.45, 2.75) is 32.6 Å². The summed E-state index contributed by atoms with van der Waals surface area (Å²) in [6.45, 7) is 5.92. The largest absolute Gasteiger partial charge is 0.347 e. The van der Waals surface area contributed by atoms with Gasteiger partial charge in [-0.25, -0.2) is 0 Å². The summed E-state index contributed by atoms with van der Waals surface area (Å²) in [6.07, 6.45) is 3.99. The van der Waals surface area contributed by atoms with Gasteiger partial charge in [0, 0.05) is 18.8 Å². The number of benzene rings is 1. The number of para-hydroxylation sites is 1. The fraction of sp³-hybridized carbons (Fsp3) is 0.579. The van der Waals surface area contributed by atoms with E-state index in [4.69, 9.17) is 0 Å². The number of rotatable bonds is 5. The van der Waals surface area contributed by atoms with E-state index in [1.54, 1.807) is 4.90 Å². The van der Waals surface area contributed by atoms with Crippen molar-refractivity contribution in [1.82, 2.24) is 10.2 Å². The zero-order chi connectivity index (χ0) is 16.9. The minimum absolute atomic E-state index is 0.0176. The second-order valence-electron chi connectivity index (χ2n) is 6.78. The van der Waals surface area contributed by atoms with Crippen LogP contribution in [0.3, 0.4) is 0 Å². The molecule has 2 heterocycles. The minimum atomic E-state index is -0.0190. The Morgan fingerprint density at radius 2 is 2.08 bits per heavy atom. The number of amides is 2. The summed E-state index contributed by atoms with van der Waals surface area (Å²) in [5, 5.41) is 2.87. The van der Waals surface area contributed by atoms with Crippen molar-refractivity contribution in [1.29, 1.82) is 0 Å². The van der Waals surface area contributed by atoms with Crippen molar-refractivity contribution in [2.24, 2.45) is 5.92 Å². The molecule has 1 atom stereocenters. The Morgan fingerprint density at radius 1 is 1.25 bits per heavy atom. The predicted molar refractivity (Wildman–Crippen MR) is 95.0 cm³/mol. The molecule has 0 saturated carbocycles. The molecule has 1 saturated heterocycles. The molecule has 2 amide bonds. The summed E-state index contributed by atoms with van der Waals surface area (Å²) in [5.74, 6) is 0.0233. The third-order valence-electron chi connectivity index (χ3n) is 5.02. The zero-order valence-electron chi connectivity index (χ0n) is 14.5. The van der Waals surface area contributed by atoms with Crippen LogP contribution in [0.25, 0.3) is 0 Å². The Morgan fingerprint density at radius 3 is 2.92 bits per heavy atom. The maximum Gasteiger partial charge on any atom is 0.246 e. The van der Waals surface area contributed by atoms with Crippen LogP contribution in [0.1, 0.15) is 31.7 Å². The number of carbonyl (C=O) groups is 2. The van der Waals surface area contributed by atoms with Crippen LogP contribution in [-0.2, 0) is 16.0 Å². The SMILES string of the molecule is CCCN1CCCC(C(=O)NCC(=O)N2CCc3ccccc32)C1. The van der Waals surface area contributed by atoms with Crippen LogP contribution in [0.2, 0.25) is 0 Å². The lowest BCUT2D eigenvalue weighted by Gasteiger charge is -2.31. The molecule has 0 radical (unpaired) electrons. The van der Waals surface area contributed by atoms with Gasteiger partial charge in [-0.1, -0.05) is 25.1 Å². The smallest absolute Gasteiger partial charge is 0.246 e. The first-order valence-electron chi connectivity index (χ1n) is 9.07. The van der Waals surface area contributed by atoms with Gasteiger partial charge in [0.2, 0.25) is 11.8 Å². The average molecular weight is 329 g/mol. The van der Waals surface area contributed by atoms with Gasteiger partial charge in [0.15, 0.2) is 0 Å². The maximum atomic E-state index is 12.5. The fourth-order valence-corrected chi connectivity index (χ4v) is 3.79. The standard InChI is InChI=1S/C19H27N3O2/c1-2-10-21-11-5-7-16(14-21)19(24)20-13-18(23)22-12-9-15-6-3-4-8-17(15)22/h3-4,6,8,16H,2,5,7,9-14H2,1H3,(H,20,24). The number of nitrogens with zero attached hydrogens (tertiary/aromatic N) is 2. The minimum Gasteiger partial charge on any atom is -0.347 e. The van der Waals surface area contributed by atoms with E-state index in [1.165, 1.54) is 5.56 Å². The number of fused-ring (bicyclic) bond motifs is 1. The van der Waals surface area contributed by atoms with Crippen molar-refractivity contribution >= 4 is 17.5 Å². The van der Waals surface area contributed by atoms with E-state index in [0.717, 1.165) is 51.0 Å². The summed E-state index contributed by atoms with van der Waals surface area (Å²) >= 11 is 0. The second-order valence-corrected chi connectivity index (χ2v) is 6.78. The van der Waals surface area contributed by atoms with Gasteiger partial charge in [-0.3, -0.25) is 9.59 Å². The van der Waals surface area contributed by atoms with Gasteiger partial charge in [0.25, 0.3) is 0 Å². The number of hydrogen-bond donors (Lipinski definition) is 1. The lowest BCUT2D eigenvalue weighted by Crippen LogP contribution is -2.46. The first-order valence-corrected chi connectivity index (χ1v) is 9.07. The molecule has 24 heavy (non-hydrogen) atoms. The van der Waals surface area contributed by atoms with Gasteiger partial charge in [0.1, 0.15) is 0 Å². The van der Waals surface area contributed by atoms with Crippen molar-refractivity contribution < 1.29 is 9.59 Å². The van der Waals surface area contributed by atoms with Gasteiger partial charge in [-0.15, -0.1) is 0 Å². The number of carbonyl (C=O) groups excluding carboxylic acids is 2. The quantitative estimate of drug-likeness (QED) is 0.896. The molecular formula is C19H27N3O2. The average Bonchev–Trinajstić information content (AvgIpc) is 3.04. The van der Waals surface area contributed by atoms with E-state index in [1.807, 2.05) is 18.2 Å². The fourth-order valence-electron chi connectivity index (χ4n) is 3.79. The van der Waals surface area contributed by atoms with E-state index >= 15 is 0 Å². The molecular weight excluding hydrogens is 302 g/mol.